The van der Waals surface area contributed by atoms with Gasteiger partial charge in [-0.15, -0.1) is 0 Å². The Kier molecular flexibility index (Phi) is 4.17. The molecule has 5 nitrogen and oxygen atoms in total. The first-order valence-electron chi connectivity index (χ1n) is 6.73. The van der Waals surface area contributed by atoms with E-state index in [4.69, 9.17) is 0 Å². The summed E-state index contributed by atoms with van der Waals surface area (Å²) in [6, 6.07) is 13.8. The third kappa shape index (κ3) is 2.85. The van der Waals surface area contributed by atoms with Crippen LogP contribution in [0.2, 0.25) is 0 Å². The highest BCUT2D eigenvalue weighted by Crippen LogP contribution is 2.25. The number of benzene rings is 1. The van der Waals surface area contributed by atoms with Crippen LogP contribution < -0.4 is 0 Å². The lowest BCUT2D eigenvalue weighted by atomic mass is 10.2. The van der Waals surface area contributed by atoms with E-state index in [0.29, 0.717) is 16.5 Å². The van der Waals surface area contributed by atoms with Crippen molar-refractivity contribution in [1.29, 1.82) is 5.26 Å². The van der Waals surface area contributed by atoms with Gasteiger partial charge in [0.05, 0.1) is 22.6 Å². The second kappa shape index (κ2) is 6.41. The van der Waals surface area contributed by atoms with Crippen molar-refractivity contribution < 1.29 is 0 Å². The van der Waals surface area contributed by atoms with E-state index in [1.807, 2.05) is 41.9 Å². The molecule has 0 saturated carbocycles. The molecule has 2 aromatic heterocycles. The second-order valence-electron chi connectivity index (χ2n) is 4.59. The van der Waals surface area contributed by atoms with Crippen molar-refractivity contribution >= 4 is 11.8 Å². The molecule has 0 bridgehead atoms. The average molecular weight is 307 g/mol. The molecule has 0 aliphatic rings. The van der Waals surface area contributed by atoms with Crippen molar-refractivity contribution in [1.82, 2.24) is 19.7 Å². The number of nitriles is 1. The largest absolute Gasteiger partial charge is 0.235 e. The smallest absolute Gasteiger partial charge is 0.187 e. The molecule has 2 heterocycles. The minimum atomic E-state index is 0.586. The van der Waals surface area contributed by atoms with E-state index >= 15 is 0 Å². The van der Waals surface area contributed by atoms with Crippen molar-refractivity contribution in [3.63, 3.8) is 0 Å². The molecule has 0 aliphatic carbocycles. The Morgan fingerprint density at radius 1 is 1.14 bits per heavy atom. The molecule has 0 N–H and O–H groups in total. The van der Waals surface area contributed by atoms with E-state index in [2.05, 4.69) is 21.1 Å². The van der Waals surface area contributed by atoms with Gasteiger partial charge in [-0.25, -0.2) is 14.6 Å². The number of aromatic nitrogens is 4. The number of hydrogen-bond acceptors (Lipinski definition) is 5. The Balaban J connectivity index is 1.97. The minimum Gasteiger partial charge on any atom is -0.235 e. The number of aryl methyl sites for hydroxylation is 1. The first-order chi connectivity index (χ1) is 10.8. The fraction of sp³-hybridized carbons (Fsp3) is 0.125. The van der Waals surface area contributed by atoms with Gasteiger partial charge in [0, 0.05) is 18.1 Å². The zero-order chi connectivity index (χ0) is 15.4. The summed E-state index contributed by atoms with van der Waals surface area (Å²) in [5.74, 6) is 0.586. The Morgan fingerprint density at radius 3 is 2.55 bits per heavy atom. The predicted molar refractivity (Wildman–Crippen MR) is 84.6 cm³/mol. The topological polar surface area (TPSA) is 67.4 Å². The summed E-state index contributed by atoms with van der Waals surface area (Å²) in [6.07, 6.45) is 3.42. The van der Waals surface area contributed by atoms with Crippen LogP contribution in [-0.4, -0.2) is 19.7 Å². The highest BCUT2D eigenvalue weighted by atomic mass is 32.2. The van der Waals surface area contributed by atoms with Crippen molar-refractivity contribution in [2.75, 3.05) is 0 Å². The summed E-state index contributed by atoms with van der Waals surface area (Å²) < 4.78 is 1.82. The zero-order valence-electron chi connectivity index (χ0n) is 12.0. The van der Waals surface area contributed by atoms with Gasteiger partial charge < -0.3 is 0 Å². The van der Waals surface area contributed by atoms with E-state index in [1.165, 1.54) is 11.8 Å². The van der Waals surface area contributed by atoms with Crippen molar-refractivity contribution in [2.45, 2.75) is 17.8 Å². The third-order valence-electron chi connectivity index (χ3n) is 3.15. The van der Waals surface area contributed by atoms with E-state index in [-0.39, 0.29) is 0 Å². The van der Waals surface area contributed by atoms with Crippen molar-refractivity contribution in [2.24, 2.45) is 0 Å². The van der Waals surface area contributed by atoms with E-state index < -0.39 is 0 Å². The second-order valence-corrected chi connectivity index (χ2v) is 5.53. The van der Waals surface area contributed by atoms with Gasteiger partial charge in [-0.2, -0.15) is 10.4 Å². The van der Waals surface area contributed by atoms with E-state index in [0.717, 1.165) is 17.1 Å². The lowest BCUT2D eigenvalue weighted by Crippen LogP contribution is -2.02. The van der Waals surface area contributed by atoms with Crippen LogP contribution in [0.4, 0.5) is 0 Å². The number of thioether (sulfide) groups is 1. The minimum absolute atomic E-state index is 0.586. The SMILES string of the molecule is Cc1nn(-c2ccccc2)c(CSc2ncccn2)c1C#N. The lowest BCUT2D eigenvalue weighted by Gasteiger charge is -2.07. The van der Waals surface area contributed by atoms with Gasteiger partial charge >= 0.3 is 0 Å². The van der Waals surface area contributed by atoms with Crippen LogP contribution >= 0.6 is 11.8 Å². The molecular weight excluding hydrogens is 294 g/mol. The molecule has 3 rings (SSSR count). The molecule has 0 fully saturated rings. The number of nitrogens with zero attached hydrogens (tertiary/aromatic N) is 5. The summed E-state index contributed by atoms with van der Waals surface area (Å²) in [7, 11) is 0. The molecule has 0 atom stereocenters. The van der Waals surface area contributed by atoms with Gasteiger partial charge in [-0.05, 0) is 25.1 Å². The van der Waals surface area contributed by atoms with Crippen LogP contribution in [-0.2, 0) is 5.75 Å². The summed E-state index contributed by atoms with van der Waals surface area (Å²) in [4.78, 5) is 8.40. The Hall–Kier alpha value is -2.65. The molecule has 0 amide bonds. The maximum Gasteiger partial charge on any atom is 0.187 e. The Labute approximate surface area is 132 Å². The molecule has 0 spiro atoms. The molecule has 1 aromatic carbocycles. The molecule has 0 unspecified atom stereocenters. The first kappa shape index (κ1) is 14.3. The van der Waals surface area contributed by atoms with Crippen LogP contribution in [0, 0.1) is 18.3 Å². The standard InChI is InChI=1S/C16H13N5S/c1-12-14(10-17)15(11-22-16-18-8-5-9-19-16)21(20-12)13-6-3-2-4-7-13/h2-9H,11H2,1H3. The monoisotopic (exact) mass is 307 g/mol. The summed E-state index contributed by atoms with van der Waals surface area (Å²) >= 11 is 1.49. The summed E-state index contributed by atoms with van der Waals surface area (Å²) in [6.45, 7) is 1.85. The lowest BCUT2D eigenvalue weighted by molar-refractivity contribution is 0.827. The predicted octanol–water partition coefficient (Wildman–Crippen LogP) is 3.13. The summed E-state index contributed by atoms with van der Waals surface area (Å²) in [5, 5.41) is 14.6. The Bertz CT molecular complexity index is 806. The molecule has 3 aromatic rings. The van der Waals surface area contributed by atoms with E-state index in [9.17, 15) is 5.26 Å². The van der Waals surface area contributed by atoms with Crippen LogP contribution in [0.15, 0.2) is 53.9 Å². The number of hydrogen-bond donors (Lipinski definition) is 0. The van der Waals surface area contributed by atoms with Gasteiger partial charge in [0.25, 0.3) is 0 Å². The van der Waals surface area contributed by atoms with Crippen LogP contribution in [0.5, 0.6) is 0 Å². The zero-order valence-corrected chi connectivity index (χ0v) is 12.8. The third-order valence-corrected chi connectivity index (χ3v) is 4.04. The Morgan fingerprint density at radius 2 is 1.86 bits per heavy atom. The molecule has 6 heteroatoms. The summed E-state index contributed by atoms with van der Waals surface area (Å²) in [5.41, 5.74) is 3.16. The van der Waals surface area contributed by atoms with Crippen LogP contribution in [0.25, 0.3) is 5.69 Å². The van der Waals surface area contributed by atoms with Gasteiger partial charge in [0.1, 0.15) is 6.07 Å². The fourth-order valence-corrected chi connectivity index (χ4v) is 2.93. The van der Waals surface area contributed by atoms with Crippen molar-refractivity contribution in [3.05, 3.63) is 65.7 Å². The van der Waals surface area contributed by atoms with E-state index in [1.54, 1.807) is 18.5 Å². The van der Waals surface area contributed by atoms with Crippen LogP contribution in [0.3, 0.4) is 0 Å². The molecule has 108 valence electrons. The highest BCUT2D eigenvalue weighted by molar-refractivity contribution is 7.98. The molecular formula is C16H13N5S. The average Bonchev–Trinajstić information content (AvgIpc) is 2.90. The normalized spacial score (nSPS) is 10.4. The molecule has 0 aliphatic heterocycles. The molecule has 0 saturated heterocycles. The molecule has 0 radical (unpaired) electrons. The van der Waals surface area contributed by atoms with Gasteiger partial charge in [-0.3, -0.25) is 0 Å². The number of para-hydroxylation sites is 1. The van der Waals surface area contributed by atoms with Gasteiger partial charge in [0.2, 0.25) is 0 Å². The first-order valence-corrected chi connectivity index (χ1v) is 7.72. The quantitative estimate of drug-likeness (QED) is 0.547. The number of rotatable bonds is 4. The maximum atomic E-state index is 9.41. The fourth-order valence-electron chi connectivity index (χ4n) is 2.13. The highest BCUT2D eigenvalue weighted by Gasteiger charge is 2.16. The maximum absolute atomic E-state index is 9.41. The van der Waals surface area contributed by atoms with Gasteiger partial charge in [-0.1, -0.05) is 30.0 Å². The van der Waals surface area contributed by atoms with Crippen LogP contribution in [0.1, 0.15) is 17.0 Å². The van der Waals surface area contributed by atoms with Crippen molar-refractivity contribution in [3.8, 4) is 11.8 Å². The van der Waals surface area contributed by atoms with Gasteiger partial charge in [0.15, 0.2) is 5.16 Å². The molecule has 22 heavy (non-hydrogen) atoms.